The van der Waals surface area contributed by atoms with Crippen LogP contribution < -0.4 is 10.5 Å². The Labute approximate surface area is 115 Å². The second-order valence-electron chi connectivity index (χ2n) is 4.17. The number of rotatable bonds is 5. The molecular weight excluding hydrogens is 285 g/mol. The summed E-state index contributed by atoms with van der Waals surface area (Å²) in [6.07, 6.45) is 1.28. The molecule has 0 spiro atoms. The maximum absolute atomic E-state index is 13.3. The summed E-state index contributed by atoms with van der Waals surface area (Å²) < 4.78 is 40.1. The van der Waals surface area contributed by atoms with E-state index in [1.54, 1.807) is 6.92 Å². The minimum absolute atomic E-state index is 0.0503. The molecular formula is C11H14FN5O2S. The third-order valence-electron chi connectivity index (χ3n) is 2.72. The van der Waals surface area contributed by atoms with Gasteiger partial charge < -0.3 is 5.73 Å². The van der Waals surface area contributed by atoms with Crippen LogP contribution in [0.1, 0.15) is 24.4 Å². The van der Waals surface area contributed by atoms with Crippen molar-refractivity contribution in [1.82, 2.24) is 19.9 Å². The van der Waals surface area contributed by atoms with Crippen LogP contribution in [-0.2, 0) is 16.6 Å². The summed E-state index contributed by atoms with van der Waals surface area (Å²) >= 11 is 0. The SMILES string of the molecule is CC(NS(=O)(=O)c1ccc(F)c(CN)c1)c1ncn[nH]1. The minimum Gasteiger partial charge on any atom is -0.326 e. The molecule has 1 unspecified atom stereocenters. The Balaban J connectivity index is 2.26. The maximum Gasteiger partial charge on any atom is 0.241 e. The highest BCUT2D eigenvalue weighted by Crippen LogP contribution is 2.17. The number of halogens is 1. The smallest absolute Gasteiger partial charge is 0.241 e. The molecule has 0 saturated heterocycles. The van der Waals surface area contributed by atoms with E-state index >= 15 is 0 Å². The number of aromatic amines is 1. The highest BCUT2D eigenvalue weighted by molar-refractivity contribution is 7.89. The van der Waals surface area contributed by atoms with Crippen molar-refractivity contribution < 1.29 is 12.8 Å². The first-order chi connectivity index (χ1) is 9.44. The van der Waals surface area contributed by atoms with E-state index in [1.165, 1.54) is 18.5 Å². The number of nitrogens with zero attached hydrogens (tertiary/aromatic N) is 2. The molecule has 0 saturated carbocycles. The van der Waals surface area contributed by atoms with Crippen molar-refractivity contribution in [1.29, 1.82) is 0 Å². The van der Waals surface area contributed by atoms with Gasteiger partial charge in [0.15, 0.2) is 0 Å². The van der Waals surface area contributed by atoms with E-state index in [4.69, 9.17) is 5.73 Å². The van der Waals surface area contributed by atoms with Gasteiger partial charge in [0, 0.05) is 12.1 Å². The molecule has 0 aliphatic heterocycles. The Morgan fingerprint density at radius 2 is 2.25 bits per heavy atom. The van der Waals surface area contributed by atoms with Gasteiger partial charge in [0.05, 0.1) is 10.9 Å². The third-order valence-corrected chi connectivity index (χ3v) is 4.26. The molecule has 1 aromatic carbocycles. The fraction of sp³-hybridized carbons (Fsp3) is 0.273. The van der Waals surface area contributed by atoms with E-state index < -0.39 is 21.9 Å². The van der Waals surface area contributed by atoms with Gasteiger partial charge in [-0.15, -0.1) is 0 Å². The summed E-state index contributed by atoms with van der Waals surface area (Å²) in [5.74, 6) is -0.149. The predicted octanol–water partition coefficient (Wildman–Crippen LogP) is 0.442. The Bertz CT molecular complexity index is 687. The highest BCUT2D eigenvalue weighted by atomic mass is 32.2. The molecule has 9 heteroatoms. The lowest BCUT2D eigenvalue weighted by Gasteiger charge is -2.12. The molecule has 0 aliphatic rings. The molecule has 1 heterocycles. The summed E-state index contributed by atoms with van der Waals surface area (Å²) in [5.41, 5.74) is 5.50. The zero-order valence-corrected chi connectivity index (χ0v) is 11.5. The van der Waals surface area contributed by atoms with Crippen LogP contribution in [0, 0.1) is 5.82 Å². The number of sulfonamides is 1. The Hall–Kier alpha value is -1.84. The van der Waals surface area contributed by atoms with Crippen molar-refractivity contribution in [3.63, 3.8) is 0 Å². The second kappa shape index (κ2) is 5.65. The molecule has 0 fully saturated rings. The molecule has 7 nitrogen and oxygen atoms in total. The largest absolute Gasteiger partial charge is 0.326 e. The lowest BCUT2D eigenvalue weighted by Crippen LogP contribution is -2.27. The van der Waals surface area contributed by atoms with E-state index in [2.05, 4.69) is 19.9 Å². The van der Waals surface area contributed by atoms with Gasteiger partial charge in [-0.2, -0.15) is 5.10 Å². The van der Waals surface area contributed by atoms with E-state index in [0.29, 0.717) is 5.82 Å². The lowest BCUT2D eigenvalue weighted by molar-refractivity contribution is 0.559. The van der Waals surface area contributed by atoms with Crippen LogP contribution >= 0.6 is 0 Å². The van der Waals surface area contributed by atoms with Crippen molar-refractivity contribution in [2.75, 3.05) is 0 Å². The Kier molecular flexibility index (Phi) is 4.12. The van der Waals surface area contributed by atoms with Crippen molar-refractivity contribution >= 4 is 10.0 Å². The van der Waals surface area contributed by atoms with Crippen LogP contribution in [-0.4, -0.2) is 23.6 Å². The number of hydrogen-bond acceptors (Lipinski definition) is 5. The molecule has 20 heavy (non-hydrogen) atoms. The zero-order valence-electron chi connectivity index (χ0n) is 10.7. The molecule has 0 amide bonds. The molecule has 0 aliphatic carbocycles. The van der Waals surface area contributed by atoms with Gasteiger partial charge in [-0.05, 0) is 25.1 Å². The minimum atomic E-state index is -3.79. The molecule has 1 aromatic heterocycles. The Morgan fingerprint density at radius 3 is 2.85 bits per heavy atom. The zero-order chi connectivity index (χ0) is 14.8. The van der Waals surface area contributed by atoms with Gasteiger partial charge in [0.1, 0.15) is 18.0 Å². The van der Waals surface area contributed by atoms with E-state index in [0.717, 1.165) is 6.07 Å². The van der Waals surface area contributed by atoms with Gasteiger partial charge in [0.2, 0.25) is 10.0 Å². The van der Waals surface area contributed by atoms with Crippen molar-refractivity contribution in [2.45, 2.75) is 24.4 Å². The number of nitrogens with two attached hydrogens (primary N) is 1. The monoisotopic (exact) mass is 299 g/mol. The van der Waals surface area contributed by atoms with E-state index in [-0.39, 0.29) is 17.0 Å². The fourth-order valence-electron chi connectivity index (χ4n) is 1.65. The van der Waals surface area contributed by atoms with E-state index in [9.17, 15) is 12.8 Å². The highest BCUT2D eigenvalue weighted by Gasteiger charge is 2.20. The average molecular weight is 299 g/mol. The summed E-state index contributed by atoms with van der Waals surface area (Å²) in [6.45, 7) is 1.54. The van der Waals surface area contributed by atoms with Crippen LogP contribution in [0.15, 0.2) is 29.4 Å². The fourth-order valence-corrected chi connectivity index (χ4v) is 2.91. The molecule has 2 aromatic rings. The third kappa shape index (κ3) is 3.00. The maximum atomic E-state index is 13.3. The van der Waals surface area contributed by atoms with Crippen LogP contribution in [0.4, 0.5) is 4.39 Å². The topological polar surface area (TPSA) is 114 Å². The van der Waals surface area contributed by atoms with E-state index in [1.807, 2.05) is 0 Å². The second-order valence-corrected chi connectivity index (χ2v) is 5.89. The predicted molar refractivity (Wildman–Crippen MR) is 69.4 cm³/mol. The standard InChI is InChI=1S/C11H14FN5O2S/c1-7(11-14-6-15-16-11)17-20(18,19)9-2-3-10(12)8(4-9)5-13/h2-4,6-7,17H,5,13H2,1H3,(H,14,15,16). The van der Waals surface area contributed by atoms with Crippen LogP contribution in [0.5, 0.6) is 0 Å². The molecule has 0 radical (unpaired) electrons. The summed E-state index contributed by atoms with van der Waals surface area (Å²) in [6, 6.07) is 2.89. The van der Waals surface area contributed by atoms with Gasteiger partial charge in [-0.25, -0.2) is 22.5 Å². The molecule has 2 rings (SSSR count). The van der Waals surface area contributed by atoms with Crippen molar-refractivity contribution in [3.05, 3.63) is 41.7 Å². The first kappa shape index (κ1) is 14.6. The average Bonchev–Trinajstić information content (AvgIpc) is 2.92. The van der Waals surface area contributed by atoms with Crippen molar-refractivity contribution in [2.24, 2.45) is 5.73 Å². The number of H-pyrrole nitrogens is 1. The molecule has 4 N–H and O–H groups in total. The first-order valence-electron chi connectivity index (χ1n) is 5.80. The first-order valence-corrected chi connectivity index (χ1v) is 7.28. The van der Waals surface area contributed by atoms with Crippen LogP contribution in [0.25, 0.3) is 0 Å². The van der Waals surface area contributed by atoms with Gasteiger partial charge in [-0.3, -0.25) is 5.10 Å². The van der Waals surface area contributed by atoms with Gasteiger partial charge in [-0.1, -0.05) is 0 Å². The number of benzene rings is 1. The summed E-state index contributed by atoms with van der Waals surface area (Å²) in [5, 5.41) is 6.22. The number of aromatic nitrogens is 3. The summed E-state index contributed by atoms with van der Waals surface area (Å²) in [7, 11) is -3.79. The van der Waals surface area contributed by atoms with Crippen LogP contribution in [0.2, 0.25) is 0 Å². The number of hydrogen-bond donors (Lipinski definition) is 3. The Morgan fingerprint density at radius 1 is 1.50 bits per heavy atom. The lowest BCUT2D eigenvalue weighted by atomic mass is 10.2. The summed E-state index contributed by atoms with van der Waals surface area (Å²) in [4.78, 5) is 3.82. The van der Waals surface area contributed by atoms with Crippen LogP contribution in [0.3, 0.4) is 0 Å². The molecule has 108 valence electrons. The van der Waals surface area contributed by atoms with Gasteiger partial charge in [0.25, 0.3) is 0 Å². The number of nitrogens with one attached hydrogen (secondary N) is 2. The van der Waals surface area contributed by atoms with Gasteiger partial charge >= 0.3 is 0 Å². The normalized spacial score (nSPS) is 13.3. The molecule has 1 atom stereocenters. The van der Waals surface area contributed by atoms with Crippen molar-refractivity contribution in [3.8, 4) is 0 Å². The molecule has 0 bridgehead atoms. The quantitative estimate of drug-likeness (QED) is 0.741.